The molecule has 1 amide bonds. The average molecular weight is 288 g/mol. The van der Waals surface area contributed by atoms with Gasteiger partial charge in [0, 0.05) is 26.2 Å². The van der Waals surface area contributed by atoms with Gasteiger partial charge in [0.15, 0.2) is 0 Å². The minimum atomic E-state index is 0. The highest BCUT2D eigenvalue weighted by Crippen LogP contribution is 2.26. The zero-order valence-electron chi connectivity index (χ0n) is 11.8. The Morgan fingerprint density at radius 3 is 2.32 bits per heavy atom. The minimum Gasteiger partial charge on any atom is -0.342 e. The van der Waals surface area contributed by atoms with Gasteiger partial charge in [0.05, 0.1) is 6.54 Å². The van der Waals surface area contributed by atoms with Crippen LogP contribution in [0, 0.1) is 17.8 Å². The number of carbonyl (C=O) groups is 1. The Hall–Kier alpha value is -0.320. The van der Waals surface area contributed by atoms with Gasteiger partial charge in [-0.25, -0.2) is 0 Å². The molecule has 3 aliphatic heterocycles. The molecule has 1 N–H and O–H groups in total. The molecule has 0 aliphatic carbocycles. The lowest BCUT2D eigenvalue weighted by Gasteiger charge is -2.31. The van der Waals surface area contributed by atoms with Crippen molar-refractivity contribution in [1.82, 2.24) is 15.1 Å². The monoisotopic (exact) mass is 287 g/mol. The van der Waals surface area contributed by atoms with Crippen LogP contribution in [-0.2, 0) is 4.79 Å². The lowest BCUT2D eigenvalue weighted by molar-refractivity contribution is -0.133. The number of fused-ring (bicyclic) bond motifs is 1. The second-order valence-corrected chi connectivity index (χ2v) is 6.44. The third kappa shape index (κ3) is 3.41. The third-order valence-corrected chi connectivity index (χ3v) is 4.96. The van der Waals surface area contributed by atoms with Crippen LogP contribution in [-0.4, -0.2) is 61.5 Å². The Morgan fingerprint density at radius 1 is 1.16 bits per heavy atom. The molecule has 3 fully saturated rings. The highest BCUT2D eigenvalue weighted by molar-refractivity contribution is 5.85. The molecule has 0 unspecified atom stereocenters. The lowest BCUT2D eigenvalue weighted by atomic mass is 9.99. The first-order valence-corrected chi connectivity index (χ1v) is 7.43. The highest BCUT2D eigenvalue weighted by Gasteiger charge is 2.37. The molecule has 0 saturated carbocycles. The van der Waals surface area contributed by atoms with Gasteiger partial charge in [-0.3, -0.25) is 9.69 Å². The van der Waals surface area contributed by atoms with Crippen molar-refractivity contribution in [3.8, 4) is 0 Å². The zero-order valence-corrected chi connectivity index (χ0v) is 12.6. The van der Waals surface area contributed by atoms with Crippen LogP contribution in [0.5, 0.6) is 0 Å². The molecule has 0 aromatic heterocycles. The first-order chi connectivity index (χ1) is 8.72. The van der Waals surface area contributed by atoms with E-state index in [2.05, 4.69) is 22.0 Å². The van der Waals surface area contributed by atoms with Gasteiger partial charge in [-0.15, -0.1) is 12.4 Å². The number of likely N-dealkylation sites (tertiary alicyclic amines) is 2. The van der Waals surface area contributed by atoms with Crippen molar-refractivity contribution in [2.24, 2.45) is 17.8 Å². The van der Waals surface area contributed by atoms with Gasteiger partial charge in [0.2, 0.25) is 5.91 Å². The van der Waals surface area contributed by atoms with E-state index in [0.29, 0.717) is 12.5 Å². The molecule has 3 heterocycles. The van der Waals surface area contributed by atoms with Gasteiger partial charge in [0.1, 0.15) is 0 Å². The maximum absolute atomic E-state index is 12.2. The number of nitrogens with zero attached hydrogens (tertiary/aromatic N) is 2. The second-order valence-electron chi connectivity index (χ2n) is 6.44. The predicted molar refractivity (Wildman–Crippen MR) is 78.5 cm³/mol. The Labute approximate surface area is 122 Å². The molecular weight excluding hydrogens is 262 g/mol. The molecule has 0 aromatic carbocycles. The van der Waals surface area contributed by atoms with Crippen LogP contribution in [0.25, 0.3) is 0 Å². The summed E-state index contributed by atoms with van der Waals surface area (Å²) < 4.78 is 0. The summed E-state index contributed by atoms with van der Waals surface area (Å²) in [5.74, 6) is 2.74. The smallest absolute Gasteiger partial charge is 0.236 e. The molecule has 0 spiro atoms. The third-order valence-electron chi connectivity index (χ3n) is 4.96. The maximum atomic E-state index is 12.2. The molecule has 0 bridgehead atoms. The molecule has 4 nitrogen and oxygen atoms in total. The molecule has 19 heavy (non-hydrogen) atoms. The van der Waals surface area contributed by atoms with Crippen molar-refractivity contribution < 1.29 is 4.79 Å². The van der Waals surface area contributed by atoms with Crippen molar-refractivity contribution in [2.75, 3.05) is 45.8 Å². The van der Waals surface area contributed by atoms with Crippen molar-refractivity contribution >= 4 is 18.3 Å². The van der Waals surface area contributed by atoms with Crippen LogP contribution in [0.2, 0.25) is 0 Å². The number of carbonyl (C=O) groups excluding carboxylic acids is 1. The van der Waals surface area contributed by atoms with Crippen LogP contribution in [0.4, 0.5) is 0 Å². The molecule has 3 aliphatic rings. The predicted octanol–water partition coefficient (Wildman–Crippen LogP) is 0.818. The number of nitrogens with one attached hydrogen (secondary N) is 1. The fourth-order valence-corrected chi connectivity index (χ4v) is 3.63. The summed E-state index contributed by atoms with van der Waals surface area (Å²) in [7, 11) is 0. The number of amides is 1. The van der Waals surface area contributed by atoms with Crippen LogP contribution >= 0.6 is 12.4 Å². The van der Waals surface area contributed by atoms with E-state index >= 15 is 0 Å². The zero-order chi connectivity index (χ0) is 12.5. The van der Waals surface area contributed by atoms with Crippen LogP contribution in [0.1, 0.15) is 19.8 Å². The maximum Gasteiger partial charge on any atom is 0.236 e. The summed E-state index contributed by atoms with van der Waals surface area (Å²) in [6, 6.07) is 0. The largest absolute Gasteiger partial charge is 0.342 e. The van der Waals surface area contributed by atoms with E-state index in [-0.39, 0.29) is 12.4 Å². The van der Waals surface area contributed by atoms with Crippen LogP contribution in [0.15, 0.2) is 0 Å². The highest BCUT2D eigenvalue weighted by atomic mass is 35.5. The Bertz CT molecular complexity index is 306. The minimum absolute atomic E-state index is 0. The number of hydrogen-bond acceptors (Lipinski definition) is 3. The van der Waals surface area contributed by atoms with E-state index in [0.717, 1.165) is 57.0 Å². The van der Waals surface area contributed by atoms with Gasteiger partial charge >= 0.3 is 0 Å². The van der Waals surface area contributed by atoms with E-state index in [1.54, 1.807) is 0 Å². The topological polar surface area (TPSA) is 35.6 Å². The summed E-state index contributed by atoms with van der Waals surface area (Å²) >= 11 is 0. The summed E-state index contributed by atoms with van der Waals surface area (Å²) in [6.45, 7) is 9.43. The van der Waals surface area contributed by atoms with Gasteiger partial charge in [-0.2, -0.15) is 0 Å². The molecule has 3 saturated heterocycles. The molecular formula is C14H26ClN3O. The summed E-state index contributed by atoms with van der Waals surface area (Å²) in [4.78, 5) is 16.7. The van der Waals surface area contributed by atoms with Crippen molar-refractivity contribution in [3.05, 3.63) is 0 Å². The molecule has 2 atom stereocenters. The van der Waals surface area contributed by atoms with Gasteiger partial charge in [-0.05, 0) is 43.7 Å². The van der Waals surface area contributed by atoms with Crippen LogP contribution in [0.3, 0.4) is 0 Å². The Kier molecular flexibility index (Phi) is 5.09. The van der Waals surface area contributed by atoms with E-state index in [9.17, 15) is 4.79 Å². The Morgan fingerprint density at radius 2 is 1.74 bits per heavy atom. The fourth-order valence-electron chi connectivity index (χ4n) is 3.63. The first-order valence-electron chi connectivity index (χ1n) is 7.43. The van der Waals surface area contributed by atoms with E-state index in [4.69, 9.17) is 0 Å². The first kappa shape index (κ1) is 15.1. The Balaban J connectivity index is 0.00000133. The molecule has 0 radical (unpaired) electrons. The molecule has 0 aromatic rings. The van der Waals surface area contributed by atoms with Gasteiger partial charge in [0.25, 0.3) is 0 Å². The number of hydrogen-bond donors (Lipinski definition) is 1. The summed E-state index contributed by atoms with van der Waals surface area (Å²) in [6.07, 6.45) is 2.36. The van der Waals surface area contributed by atoms with Gasteiger partial charge in [-0.1, -0.05) is 6.92 Å². The number of halogens is 1. The summed E-state index contributed by atoms with van der Waals surface area (Å²) in [5.41, 5.74) is 0. The van der Waals surface area contributed by atoms with Gasteiger partial charge < -0.3 is 10.2 Å². The van der Waals surface area contributed by atoms with Crippen molar-refractivity contribution in [2.45, 2.75) is 19.8 Å². The van der Waals surface area contributed by atoms with Crippen LogP contribution < -0.4 is 5.32 Å². The van der Waals surface area contributed by atoms with E-state index in [1.165, 1.54) is 12.8 Å². The number of rotatable bonds is 2. The van der Waals surface area contributed by atoms with Crippen molar-refractivity contribution in [3.63, 3.8) is 0 Å². The van der Waals surface area contributed by atoms with E-state index in [1.807, 2.05) is 0 Å². The lowest BCUT2D eigenvalue weighted by Crippen LogP contribution is -2.43. The fraction of sp³-hybridized carbons (Fsp3) is 0.929. The summed E-state index contributed by atoms with van der Waals surface area (Å²) in [5, 5.41) is 3.44. The normalized spacial score (nSPS) is 32.2. The quantitative estimate of drug-likeness (QED) is 0.817. The molecule has 3 rings (SSSR count). The van der Waals surface area contributed by atoms with E-state index < -0.39 is 0 Å². The number of piperidine rings is 1. The SMILES string of the molecule is CC1CCN(C(=O)CN2C[C@H]3CNC[C@H]3C2)CC1.Cl. The second kappa shape index (κ2) is 6.42. The molecule has 5 heteroatoms. The average Bonchev–Trinajstić information content (AvgIpc) is 2.90. The molecule has 110 valence electrons. The van der Waals surface area contributed by atoms with Crippen molar-refractivity contribution in [1.29, 1.82) is 0 Å². The standard InChI is InChI=1S/C14H25N3O.ClH/c1-11-2-4-17(5-3-11)14(18)10-16-8-12-6-15-7-13(12)9-16;/h11-13,15H,2-10H2,1H3;1H/t12-,13+;.